The number of carbonyl (C=O) groups is 1. The van der Waals surface area contributed by atoms with Gasteiger partial charge in [0, 0.05) is 30.4 Å². The highest BCUT2D eigenvalue weighted by Gasteiger charge is 2.33. The second-order valence-electron chi connectivity index (χ2n) is 6.33. The van der Waals surface area contributed by atoms with Gasteiger partial charge in [0.15, 0.2) is 0 Å². The van der Waals surface area contributed by atoms with Gasteiger partial charge in [-0.05, 0) is 24.1 Å². The molecule has 1 saturated heterocycles. The van der Waals surface area contributed by atoms with Crippen LogP contribution in [0.3, 0.4) is 0 Å². The van der Waals surface area contributed by atoms with Crippen molar-refractivity contribution in [2.24, 2.45) is 0 Å². The molecular formula is C19H19N3OS2. The maximum Gasteiger partial charge on any atom is 0.271 e. The Morgan fingerprint density at radius 2 is 2.00 bits per heavy atom. The Bertz CT molecular complexity index is 845. The van der Waals surface area contributed by atoms with Crippen LogP contribution < -0.4 is 5.32 Å². The van der Waals surface area contributed by atoms with Crippen LogP contribution in [0, 0.1) is 0 Å². The monoisotopic (exact) mass is 369 g/mol. The van der Waals surface area contributed by atoms with E-state index in [9.17, 15) is 4.79 Å². The van der Waals surface area contributed by atoms with Gasteiger partial charge in [-0.15, -0.1) is 22.7 Å². The third-order valence-electron chi connectivity index (χ3n) is 4.52. The van der Waals surface area contributed by atoms with Crippen molar-refractivity contribution in [2.45, 2.75) is 12.0 Å². The Morgan fingerprint density at radius 1 is 1.16 bits per heavy atom. The number of thiophene rings is 1. The number of benzene rings is 1. The van der Waals surface area contributed by atoms with E-state index in [2.05, 4.69) is 46.5 Å². The zero-order valence-corrected chi connectivity index (χ0v) is 15.5. The van der Waals surface area contributed by atoms with Crippen LogP contribution in [0.2, 0.25) is 0 Å². The minimum Gasteiger partial charge on any atom is -0.346 e. The van der Waals surface area contributed by atoms with Crippen molar-refractivity contribution in [1.29, 1.82) is 0 Å². The van der Waals surface area contributed by atoms with Crippen LogP contribution in [0.5, 0.6) is 0 Å². The molecule has 3 heterocycles. The highest BCUT2D eigenvalue weighted by atomic mass is 32.1. The minimum atomic E-state index is -0.0831. The van der Waals surface area contributed by atoms with Crippen molar-refractivity contribution in [3.8, 4) is 9.88 Å². The van der Waals surface area contributed by atoms with Gasteiger partial charge in [0.2, 0.25) is 0 Å². The Hall–Kier alpha value is -2.02. The highest BCUT2D eigenvalue weighted by molar-refractivity contribution is 7.20. The normalized spacial score (nSPS) is 20.7. The number of amides is 1. The summed E-state index contributed by atoms with van der Waals surface area (Å²) in [6.07, 6.45) is 0. The van der Waals surface area contributed by atoms with E-state index in [1.54, 1.807) is 11.3 Å². The first-order valence-corrected chi connectivity index (χ1v) is 10.0. The minimum absolute atomic E-state index is 0.0831. The Balaban J connectivity index is 1.50. The van der Waals surface area contributed by atoms with Crippen molar-refractivity contribution < 1.29 is 4.79 Å². The van der Waals surface area contributed by atoms with Crippen LogP contribution in [-0.4, -0.2) is 42.0 Å². The molecule has 0 aliphatic carbocycles. The first kappa shape index (κ1) is 16.4. The van der Waals surface area contributed by atoms with E-state index < -0.39 is 0 Å². The molecule has 0 bridgehead atoms. The second-order valence-corrected chi connectivity index (χ2v) is 8.14. The van der Waals surface area contributed by atoms with Crippen molar-refractivity contribution >= 4 is 28.6 Å². The fourth-order valence-electron chi connectivity index (χ4n) is 3.32. The fraction of sp³-hybridized carbons (Fsp3) is 0.263. The summed E-state index contributed by atoms with van der Waals surface area (Å²) >= 11 is 3.16. The molecule has 1 amide bonds. The van der Waals surface area contributed by atoms with Crippen LogP contribution >= 0.6 is 22.7 Å². The Morgan fingerprint density at radius 3 is 2.76 bits per heavy atom. The molecule has 0 saturated carbocycles. The molecule has 3 aromatic rings. The average molecular weight is 370 g/mol. The molecule has 1 aliphatic heterocycles. The van der Waals surface area contributed by atoms with E-state index in [4.69, 9.17) is 0 Å². The van der Waals surface area contributed by atoms with Crippen molar-refractivity contribution in [3.63, 3.8) is 0 Å². The maximum atomic E-state index is 12.7. The van der Waals surface area contributed by atoms with E-state index in [1.807, 2.05) is 29.0 Å². The zero-order chi connectivity index (χ0) is 17.2. The molecule has 25 heavy (non-hydrogen) atoms. The van der Waals surface area contributed by atoms with E-state index in [1.165, 1.54) is 16.9 Å². The SMILES string of the molecule is CN1C[C@H](NC(=O)c2csc(-c3cccs3)n2)[C@@H](c2ccccc2)C1. The molecule has 2 aromatic heterocycles. The summed E-state index contributed by atoms with van der Waals surface area (Å²) in [5, 5.41) is 7.98. The molecule has 4 rings (SSSR count). The van der Waals surface area contributed by atoms with Gasteiger partial charge in [-0.25, -0.2) is 4.98 Å². The molecule has 1 aliphatic rings. The van der Waals surface area contributed by atoms with E-state index in [0.717, 1.165) is 23.0 Å². The zero-order valence-electron chi connectivity index (χ0n) is 13.9. The van der Waals surface area contributed by atoms with Crippen molar-refractivity contribution in [1.82, 2.24) is 15.2 Å². The fourth-order valence-corrected chi connectivity index (χ4v) is 4.93. The summed E-state index contributed by atoms with van der Waals surface area (Å²) < 4.78 is 0. The molecule has 0 unspecified atom stereocenters. The first-order chi connectivity index (χ1) is 12.2. The van der Waals surface area contributed by atoms with Crippen LogP contribution in [0.4, 0.5) is 0 Å². The predicted molar refractivity (Wildman–Crippen MR) is 103 cm³/mol. The predicted octanol–water partition coefficient (Wildman–Crippen LogP) is 3.70. The number of nitrogens with zero attached hydrogens (tertiary/aromatic N) is 2. The van der Waals surface area contributed by atoms with Crippen molar-refractivity contribution in [3.05, 3.63) is 64.5 Å². The molecule has 2 atom stereocenters. The van der Waals surface area contributed by atoms with Crippen LogP contribution in [0.1, 0.15) is 22.0 Å². The maximum absolute atomic E-state index is 12.7. The number of rotatable bonds is 4. The van der Waals surface area contributed by atoms with E-state index in [-0.39, 0.29) is 11.9 Å². The van der Waals surface area contributed by atoms with E-state index >= 15 is 0 Å². The number of likely N-dealkylation sites (N-methyl/N-ethyl adjacent to an activating group) is 1. The topological polar surface area (TPSA) is 45.2 Å². The van der Waals surface area contributed by atoms with E-state index in [0.29, 0.717) is 11.6 Å². The quantitative estimate of drug-likeness (QED) is 0.763. The molecule has 1 N–H and O–H groups in total. The molecular weight excluding hydrogens is 350 g/mol. The van der Waals surface area contributed by atoms with Crippen LogP contribution in [-0.2, 0) is 0 Å². The van der Waals surface area contributed by atoms with Gasteiger partial charge in [0.1, 0.15) is 10.7 Å². The third-order valence-corrected chi connectivity index (χ3v) is 6.40. The summed E-state index contributed by atoms with van der Waals surface area (Å²) in [5.41, 5.74) is 1.78. The molecule has 1 aromatic carbocycles. The molecule has 6 heteroatoms. The number of aromatic nitrogens is 1. The standard InChI is InChI=1S/C19H19N3OS2/c1-22-10-14(13-6-3-2-4-7-13)15(11-22)20-18(23)16-12-25-19(21-16)17-8-5-9-24-17/h2-9,12,14-15H,10-11H2,1H3,(H,20,23)/t14-,15+/m1/s1. The lowest BCUT2D eigenvalue weighted by atomic mass is 9.94. The number of hydrogen-bond donors (Lipinski definition) is 1. The summed E-state index contributed by atoms with van der Waals surface area (Å²) in [5.74, 6) is 0.228. The Labute approximate surface area is 155 Å². The summed E-state index contributed by atoms with van der Waals surface area (Å²) in [7, 11) is 2.10. The lowest BCUT2D eigenvalue weighted by Crippen LogP contribution is -2.39. The van der Waals surface area contributed by atoms with Crippen LogP contribution in [0.15, 0.2) is 53.2 Å². The number of hydrogen-bond acceptors (Lipinski definition) is 5. The average Bonchev–Trinajstić information content (AvgIpc) is 3.36. The smallest absolute Gasteiger partial charge is 0.271 e. The van der Waals surface area contributed by atoms with Gasteiger partial charge < -0.3 is 10.2 Å². The highest BCUT2D eigenvalue weighted by Crippen LogP contribution is 2.29. The summed E-state index contributed by atoms with van der Waals surface area (Å²) in [6.45, 7) is 1.81. The van der Waals surface area contributed by atoms with Gasteiger partial charge in [0.25, 0.3) is 5.91 Å². The van der Waals surface area contributed by atoms with Gasteiger partial charge >= 0.3 is 0 Å². The van der Waals surface area contributed by atoms with Gasteiger partial charge in [-0.2, -0.15) is 0 Å². The van der Waals surface area contributed by atoms with Gasteiger partial charge in [0.05, 0.1) is 4.88 Å². The molecule has 4 nitrogen and oxygen atoms in total. The second kappa shape index (κ2) is 7.07. The van der Waals surface area contributed by atoms with Gasteiger partial charge in [-0.1, -0.05) is 36.4 Å². The number of carbonyl (C=O) groups excluding carboxylic acids is 1. The molecule has 0 spiro atoms. The van der Waals surface area contributed by atoms with Crippen LogP contribution in [0.25, 0.3) is 9.88 Å². The summed E-state index contributed by atoms with van der Waals surface area (Å²) in [6, 6.07) is 14.5. The number of likely N-dealkylation sites (tertiary alicyclic amines) is 1. The molecule has 128 valence electrons. The molecule has 1 fully saturated rings. The number of nitrogens with one attached hydrogen (secondary N) is 1. The third kappa shape index (κ3) is 3.51. The first-order valence-electron chi connectivity index (χ1n) is 8.24. The van der Waals surface area contributed by atoms with Crippen molar-refractivity contribution in [2.75, 3.05) is 20.1 Å². The number of thiazole rings is 1. The van der Waals surface area contributed by atoms with Gasteiger partial charge in [-0.3, -0.25) is 4.79 Å². The summed E-state index contributed by atoms with van der Waals surface area (Å²) in [4.78, 5) is 20.6. The molecule has 0 radical (unpaired) electrons. The lowest BCUT2D eigenvalue weighted by molar-refractivity contribution is 0.0931. The Kier molecular flexibility index (Phi) is 4.65. The largest absolute Gasteiger partial charge is 0.346 e. The lowest BCUT2D eigenvalue weighted by Gasteiger charge is -2.19.